The number of hydrogen-bond donors (Lipinski definition) is 2. The molecule has 3 fully saturated rings. The largest absolute Gasteiger partial charge is 0.507 e. The molecule has 1 unspecified atom stereocenters. The number of rotatable bonds is 9. The zero-order valence-electron chi connectivity index (χ0n) is 31.8. The minimum atomic E-state index is -3.27. The summed E-state index contributed by atoms with van der Waals surface area (Å²) in [5.74, 6) is 0.831. The third kappa shape index (κ3) is 8.77. The molecule has 4 amide bonds. The van der Waals surface area contributed by atoms with Gasteiger partial charge in [-0.05, 0) is 112 Å². The number of anilines is 1. The zero-order valence-corrected chi connectivity index (χ0v) is 32.6. The van der Waals surface area contributed by atoms with Crippen molar-refractivity contribution in [1.29, 1.82) is 0 Å². The van der Waals surface area contributed by atoms with Crippen molar-refractivity contribution < 1.29 is 32.6 Å². The molecule has 0 bridgehead atoms. The van der Waals surface area contributed by atoms with Crippen LogP contribution in [0.25, 0.3) is 0 Å². The molecule has 0 saturated carbocycles. The molecule has 2 aromatic rings. The molecule has 4 aliphatic rings. The number of fused-ring (bicyclic) bond motifs is 1. The molecule has 4 aliphatic heterocycles. The normalized spacial score (nSPS) is 21.1. The first-order valence-electron chi connectivity index (χ1n) is 19.5. The van der Waals surface area contributed by atoms with Crippen LogP contribution in [0.2, 0.25) is 0 Å². The molecule has 12 nitrogen and oxygen atoms in total. The summed E-state index contributed by atoms with van der Waals surface area (Å²) in [6, 6.07) is 11.4. The van der Waals surface area contributed by atoms with Crippen LogP contribution in [-0.2, 0) is 32.4 Å². The van der Waals surface area contributed by atoms with Gasteiger partial charge in [-0.3, -0.25) is 4.79 Å². The molecule has 0 radical (unpaired) electrons. The summed E-state index contributed by atoms with van der Waals surface area (Å²) >= 11 is 0. The summed E-state index contributed by atoms with van der Waals surface area (Å²) in [7, 11) is -3.27. The molecule has 290 valence electrons. The first-order valence-corrected chi connectivity index (χ1v) is 21.0. The number of phenols is 1. The number of nitrogens with zero attached hydrogens (tertiary/aromatic N) is 4. The number of piperidine rings is 3. The maximum absolute atomic E-state index is 14.2. The number of nitrogens with one attached hydrogen (secondary N) is 1. The maximum atomic E-state index is 14.2. The number of urea groups is 1. The van der Waals surface area contributed by atoms with Crippen LogP contribution in [0.4, 0.5) is 15.3 Å². The van der Waals surface area contributed by atoms with Crippen LogP contribution in [0.5, 0.6) is 5.75 Å². The van der Waals surface area contributed by atoms with Crippen molar-refractivity contribution >= 4 is 33.7 Å². The van der Waals surface area contributed by atoms with E-state index in [9.17, 15) is 27.9 Å². The molecule has 2 N–H and O–H groups in total. The number of aromatic hydroxyl groups is 1. The Hall–Kier alpha value is -3.84. The second-order valence-corrected chi connectivity index (χ2v) is 17.9. The minimum Gasteiger partial charge on any atom is -0.507 e. The second-order valence-electron chi connectivity index (χ2n) is 15.6. The van der Waals surface area contributed by atoms with Crippen molar-refractivity contribution in [3.8, 4) is 5.75 Å². The Morgan fingerprint density at radius 3 is 2.09 bits per heavy atom. The molecule has 0 aromatic heterocycles. The Kier molecular flexibility index (Phi) is 12.2. The van der Waals surface area contributed by atoms with Gasteiger partial charge in [0.2, 0.25) is 10.0 Å². The van der Waals surface area contributed by atoms with E-state index in [2.05, 4.69) is 5.32 Å². The quantitative estimate of drug-likeness (QED) is 0.336. The van der Waals surface area contributed by atoms with Crippen molar-refractivity contribution in [2.45, 2.75) is 103 Å². The Labute approximate surface area is 314 Å². The predicted molar refractivity (Wildman–Crippen MR) is 204 cm³/mol. The third-order valence-corrected chi connectivity index (χ3v) is 14.7. The number of aryl methyl sites for hydroxylation is 2. The fourth-order valence-corrected chi connectivity index (χ4v) is 10.4. The van der Waals surface area contributed by atoms with Gasteiger partial charge in [-0.2, -0.15) is 0 Å². The molecule has 0 spiro atoms. The van der Waals surface area contributed by atoms with Gasteiger partial charge in [0, 0.05) is 64.0 Å². The number of likely N-dealkylation sites (tertiary alicyclic amines) is 2. The minimum absolute atomic E-state index is 0.00780. The number of sulfonamides is 1. The molecule has 2 aromatic carbocycles. The maximum Gasteiger partial charge on any atom is 0.410 e. The highest BCUT2D eigenvalue weighted by Crippen LogP contribution is 2.35. The van der Waals surface area contributed by atoms with Gasteiger partial charge in [0.1, 0.15) is 5.75 Å². The van der Waals surface area contributed by atoms with Crippen LogP contribution in [0.15, 0.2) is 36.4 Å². The molecule has 3 saturated heterocycles. The average molecular weight is 752 g/mol. The number of hydrogen-bond acceptors (Lipinski definition) is 7. The lowest BCUT2D eigenvalue weighted by atomic mass is 9.79. The van der Waals surface area contributed by atoms with Gasteiger partial charge in [-0.1, -0.05) is 37.3 Å². The number of carbonyl (C=O) groups excluding carboxylic acids is 3. The smallest absolute Gasteiger partial charge is 0.410 e. The molecule has 0 aliphatic carbocycles. The van der Waals surface area contributed by atoms with Crippen LogP contribution in [0.1, 0.15) is 81.0 Å². The summed E-state index contributed by atoms with van der Waals surface area (Å²) in [4.78, 5) is 46.3. The summed E-state index contributed by atoms with van der Waals surface area (Å²) in [6.07, 6.45) is 4.56. The predicted octanol–water partition coefficient (Wildman–Crippen LogP) is 5.69. The van der Waals surface area contributed by atoms with E-state index in [1.165, 1.54) is 0 Å². The third-order valence-electron chi connectivity index (χ3n) is 12.3. The molecule has 6 rings (SSSR count). The SMILES string of the molecule is CCC(C)S(=O)(=O)N1CCC(C2CCN(C(=O)[C@@H](Cc3cc(C)c(O)c(C)c3)OC(=O)N3CCC(N4CCc5ccccc5NC4=O)CC3)CC2)CC1. The van der Waals surface area contributed by atoms with Crippen LogP contribution < -0.4 is 5.32 Å². The highest BCUT2D eigenvalue weighted by atomic mass is 32.2. The Morgan fingerprint density at radius 1 is 0.887 bits per heavy atom. The van der Waals surface area contributed by atoms with Crippen molar-refractivity contribution in [1.82, 2.24) is 19.0 Å². The Bertz CT molecular complexity index is 1720. The molecule has 53 heavy (non-hydrogen) atoms. The lowest BCUT2D eigenvalue weighted by Gasteiger charge is -2.41. The summed E-state index contributed by atoms with van der Waals surface area (Å²) in [6.45, 7) is 11.0. The topological polar surface area (TPSA) is 140 Å². The van der Waals surface area contributed by atoms with E-state index >= 15 is 0 Å². The van der Waals surface area contributed by atoms with Crippen molar-refractivity contribution in [3.63, 3.8) is 0 Å². The summed E-state index contributed by atoms with van der Waals surface area (Å²) < 4.78 is 33.5. The average Bonchev–Trinajstić information content (AvgIpc) is 3.34. The van der Waals surface area contributed by atoms with Crippen molar-refractivity contribution in [2.75, 3.05) is 51.1 Å². The number of ether oxygens (including phenoxy) is 1. The lowest BCUT2D eigenvalue weighted by molar-refractivity contribution is -0.142. The van der Waals surface area contributed by atoms with E-state index in [0.717, 1.165) is 48.9 Å². The van der Waals surface area contributed by atoms with Gasteiger partial charge in [0.25, 0.3) is 5.91 Å². The molecule has 4 heterocycles. The van der Waals surface area contributed by atoms with E-state index in [0.29, 0.717) is 88.0 Å². The van der Waals surface area contributed by atoms with Gasteiger partial charge in [-0.25, -0.2) is 22.3 Å². The van der Waals surface area contributed by atoms with Gasteiger partial charge >= 0.3 is 12.1 Å². The molecule has 2 atom stereocenters. The number of carbonyl (C=O) groups is 3. The molecule has 13 heteroatoms. The number of phenolic OH excluding ortho intramolecular Hbond substituents is 1. The van der Waals surface area contributed by atoms with Crippen LogP contribution in [0.3, 0.4) is 0 Å². The fraction of sp³-hybridized carbons (Fsp3) is 0.625. The monoisotopic (exact) mass is 751 g/mol. The highest BCUT2D eigenvalue weighted by Gasteiger charge is 2.38. The van der Waals surface area contributed by atoms with Gasteiger partial charge in [0.15, 0.2) is 6.10 Å². The highest BCUT2D eigenvalue weighted by molar-refractivity contribution is 7.89. The lowest BCUT2D eigenvalue weighted by Crippen LogP contribution is -2.52. The van der Waals surface area contributed by atoms with Gasteiger partial charge in [-0.15, -0.1) is 0 Å². The first-order chi connectivity index (χ1) is 25.3. The van der Waals surface area contributed by atoms with Crippen molar-refractivity contribution in [3.05, 3.63) is 58.7 Å². The fourth-order valence-electron chi connectivity index (χ4n) is 8.71. The van der Waals surface area contributed by atoms with Crippen LogP contribution >= 0.6 is 0 Å². The van der Waals surface area contributed by atoms with E-state index < -0.39 is 22.2 Å². The van der Waals surface area contributed by atoms with Gasteiger partial charge < -0.3 is 29.9 Å². The first kappa shape index (κ1) is 38.9. The van der Waals surface area contributed by atoms with Crippen LogP contribution in [0, 0.1) is 25.7 Å². The number of benzene rings is 2. The van der Waals surface area contributed by atoms with E-state index in [4.69, 9.17) is 4.74 Å². The Morgan fingerprint density at radius 2 is 1.47 bits per heavy atom. The van der Waals surface area contributed by atoms with E-state index in [1.807, 2.05) is 67.0 Å². The van der Waals surface area contributed by atoms with E-state index in [1.54, 1.807) is 16.1 Å². The second kappa shape index (κ2) is 16.7. The van der Waals surface area contributed by atoms with Crippen LogP contribution in [-0.4, -0.2) is 114 Å². The molecular weight excluding hydrogens is 695 g/mol. The van der Waals surface area contributed by atoms with E-state index in [-0.39, 0.29) is 35.4 Å². The van der Waals surface area contributed by atoms with Gasteiger partial charge in [0.05, 0.1) is 5.25 Å². The standard InChI is InChI=1S/C40H57N5O7S/c1-5-29(4)53(50,51)44-21-12-32(13-22-44)31-10-17-42(18-11-31)38(47)36(26-30-24-27(2)37(46)28(3)25-30)52-40(49)43-19-15-34(16-20-43)45-23-14-33-8-6-7-9-35(33)41-39(45)48/h6-9,24-25,29,31-32,34,36,46H,5,10-23,26H2,1-4H3,(H,41,48)/t29?,36-/m1/s1. The van der Waals surface area contributed by atoms with Crippen molar-refractivity contribution in [2.24, 2.45) is 11.8 Å². The summed E-state index contributed by atoms with van der Waals surface area (Å²) in [5.41, 5.74) is 4.16. The zero-order chi connectivity index (χ0) is 37.9. The number of para-hydroxylation sites is 1. The number of amides is 4. The molecular formula is C40H57N5O7S. The summed E-state index contributed by atoms with van der Waals surface area (Å²) in [5, 5.41) is 13.1. The Balaban J connectivity index is 1.06.